The molecule has 0 aliphatic carbocycles. The van der Waals surface area contributed by atoms with Crippen LogP contribution in [0.15, 0.2) is 36.9 Å². The van der Waals surface area contributed by atoms with Gasteiger partial charge in [-0.25, -0.2) is 0 Å². The van der Waals surface area contributed by atoms with Crippen LogP contribution in [0.4, 0.5) is 5.69 Å². The van der Waals surface area contributed by atoms with Gasteiger partial charge in [0, 0.05) is 24.2 Å². The lowest BCUT2D eigenvalue weighted by Gasteiger charge is -1.99. The van der Waals surface area contributed by atoms with E-state index in [9.17, 15) is 4.79 Å². The lowest BCUT2D eigenvalue weighted by atomic mass is 10.2. The van der Waals surface area contributed by atoms with Crippen LogP contribution in [-0.4, -0.2) is 20.5 Å². The van der Waals surface area contributed by atoms with Crippen LogP contribution in [0.2, 0.25) is 0 Å². The number of nitrogens with two attached hydrogens (primary N) is 1. The lowest BCUT2D eigenvalue weighted by molar-refractivity contribution is 0.0967. The number of aromatic nitrogens is 3. The Balaban J connectivity index is 2.11. The average Bonchev–Trinajstić information content (AvgIpc) is 2.65. The SMILES string of the molecule is Nc1cnn(CC(=O)c2cccnc2)c1. The number of hydrogen-bond acceptors (Lipinski definition) is 4. The fourth-order valence-electron chi connectivity index (χ4n) is 1.23. The molecule has 2 N–H and O–H groups in total. The van der Waals surface area contributed by atoms with Crippen LogP contribution in [-0.2, 0) is 6.54 Å². The Morgan fingerprint density at radius 2 is 2.33 bits per heavy atom. The van der Waals surface area contributed by atoms with E-state index < -0.39 is 0 Å². The summed E-state index contributed by atoms with van der Waals surface area (Å²) in [5.41, 5.74) is 6.61. The Morgan fingerprint density at radius 3 is 2.93 bits per heavy atom. The van der Waals surface area contributed by atoms with Gasteiger partial charge in [0.15, 0.2) is 5.78 Å². The predicted molar refractivity (Wildman–Crippen MR) is 55.2 cm³/mol. The summed E-state index contributed by atoms with van der Waals surface area (Å²) in [5, 5.41) is 3.93. The number of hydrogen-bond donors (Lipinski definition) is 1. The van der Waals surface area contributed by atoms with Crippen LogP contribution in [0.1, 0.15) is 10.4 Å². The van der Waals surface area contributed by atoms with E-state index in [1.54, 1.807) is 24.5 Å². The number of nitrogen functional groups attached to an aromatic ring is 1. The molecule has 15 heavy (non-hydrogen) atoms. The van der Waals surface area contributed by atoms with Gasteiger partial charge in [0.2, 0.25) is 0 Å². The third kappa shape index (κ3) is 2.19. The smallest absolute Gasteiger partial charge is 0.185 e. The molecule has 0 radical (unpaired) electrons. The van der Waals surface area contributed by atoms with Crippen molar-refractivity contribution in [3.63, 3.8) is 0 Å². The first-order valence-electron chi connectivity index (χ1n) is 4.47. The minimum absolute atomic E-state index is 0.0359. The highest BCUT2D eigenvalue weighted by Gasteiger charge is 2.06. The van der Waals surface area contributed by atoms with Gasteiger partial charge in [-0.05, 0) is 12.1 Å². The summed E-state index contributed by atoms with van der Waals surface area (Å²) in [7, 11) is 0. The topological polar surface area (TPSA) is 73.8 Å². The van der Waals surface area contributed by atoms with Gasteiger partial charge in [0.25, 0.3) is 0 Å². The van der Waals surface area contributed by atoms with E-state index in [4.69, 9.17) is 5.73 Å². The van der Waals surface area contributed by atoms with Crippen molar-refractivity contribution in [3.05, 3.63) is 42.5 Å². The summed E-state index contributed by atoms with van der Waals surface area (Å²) in [6, 6.07) is 3.45. The van der Waals surface area contributed by atoms with Crippen LogP contribution in [0.5, 0.6) is 0 Å². The van der Waals surface area contributed by atoms with E-state index in [2.05, 4.69) is 10.1 Å². The summed E-state index contributed by atoms with van der Waals surface area (Å²) in [4.78, 5) is 15.6. The third-order valence-electron chi connectivity index (χ3n) is 1.94. The second-order valence-corrected chi connectivity index (χ2v) is 3.14. The number of carbonyl (C=O) groups excluding carboxylic acids is 1. The maximum absolute atomic E-state index is 11.7. The van der Waals surface area contributed by atoms with Crippen molar-refractivity contribution in [2.45, 2.75) is 6.54 Å². The van der Waals surface area contributed by atoms with Gasteiger partial charge in [-0.2, -0.15) is 5.10 Å². The molecule has 0 aliphatic heterocycles. The molecule has 76 valence electrons. The Hall–Kier alpha value is -2.17. The molecule has 0 amide bonds. The molecular formula is C10H10N4O. The Kier molecular flexibility index (Phi) is 2.45. The van der Waals surface area contributed by atoms with Gasteiger partial charge in [-0.15, -0.1) is 0 Å². The van der Waals surface area contributed by atoms with Crippen LogP contribution < -0.4 is 5.73 Å². The number of rotatable bonds is 3. The Labute approximate surface area is 86.5 Å². The zero-order chi connectivity index (χ0) is 10.7. The van der Waals surface area contributed by atoms with Crippen LogP contribution in [0, 0.1) is 0 Å². The standard InChI is InChI=1S/C10H10N4O/c11-9-5-13-14(6-9)7-10(15)8-2-1-3-12-4-8/h1-6H,7,11H2. The summed E-state index contributed by atoms with van der Waals surface area (Å²) >= 11 is 0. The number of anilines is 1. The number of carbonyl (C=O) groups is 1. The monoisotopic (exact) mass is 202 g/mol. The summed E-state index contributed by atoms with van der Waals surface area (Å²) in [6.07, 6.45) is 6.29. The molecule has 2 aromatic heterocycles. The number of Topliss-reactive ketones (excluding diaryl/α,β-unsaturated/α-hetero) is 1. The fraction of sp³-hybridized carbons (Fsp3) is 0.100. The highest BCUT2D eigenvalue weighted by molar-refractivity contribution is 5.95. The number of ketones is 1. The van der Waals surface area contributed by atoms with Crippen molar-refractivity contribution >= 4 is 11.5 Å². The minimum atomic E-state index is -0.0359. The molecule has 0 fully saturated rings. The third-order valence-corrected chi connectivity index (χ3v) is 1.94. The molecular weight excluding hydrogens is 192 g/mol. The van der Waals surface area contributed by atoms with Crippen molar-refractivity contribution in [2.24, 2.45) is 0 Å². The number of nitrogens with zero attached hydrogens (tertiary/aromatic N) is 3. The molecule has 5 heteroatoms. The molecule has 2 rings (SSSR count). The molecule has 0 unspecified atom stereocenters. The molecule has 0 atom stereocenters. The second-order valence-electron chi connectivity index (χ2n) is 3.14. The quantitative estimate of drug-likeness (QED) is 0.745. The maximum Gasteiger partial charge on any atom is 0.185 e. The van der Waals surface area contributed by atoms with E-state index >= 15 is 0 Å². The molecule has 0 aromatic carbocycles. The largest absolute Gasteiger partial charge is 0.396 e. The van der Waals surface area contributed by atoms with E-state index in [0.29, 0.717) is 11.3 Å². The summed E-state index contributed by atoms with van der Waals surface area (Å²) in [5.74, 6) is -0.0359. The van der Waals surface area contributed by atoms with E-state index in [1.165, 1.54) is 17.1 Å². The molecule has 2 aromatic rings. The highest BCUT2D eigenvalue weighted by Crippen LogP contribution is 2.02. The molecule has 0 saturated heterocycles. The molecule has 5 nitrogen and oxygen atoms in total. The van der Waals surface area contributed by atoms with Crippen LogP contribution in [0.3, 0.4) is 0 Å². The normalized spacial score (nSPS) is 10.1. The molecule has 0 spiro atoms. The summed E-state index contributed by atoms with van der Waals surface area (Å²) in [6.45, 7) is 0.183. The Morgan fingerprint density at radius 1 is 1.47 bits per heavy atom. The first-order valence-corrected chi connectivity index (χ1v) is 4.47. The molecule has 0 aliphatic rings. The van der Waals surface area contributed by atoms with Crippen molar-refractivity contribution in [1.82, 2.24) is 14.8 Å². The fourth-order valence-corrected chi connectivity index (χ4v) is 1.23. The summed E-state index contributed by atoms with van der Waals surface area (Å²) < 4.78 is 1.50. The van der Waals surface area contributed by atoms with Crippen molar-refractivity contribution < 1.29 is 4.79 Å². The molecule has 0 saturated carbocycles. The van der Waals surface area contributed by atoms with E-state index in [-0.39, 0.29) is 12.3 Å². The zero-order valence-electron chi connectivity index (χ0n) is 8.00. The van der Waals surface area contributed by atoms with E-state index in [0.717, 1.165) is 0 Å². The van der Waals surface area contributed by atoms with Gasteiger partial charge in [-0.3, -0.25) is 14.5 Å². The van der Waals surface area contributed by atoms with Crippen molar-refractivity contribution in [2.75, 3.05) is 5.73 Å². The van der Waals surface area contributed by atoms with Gasteiger partial charge in [0.1, 0.15) is 6.54 Å². The molecule has 0 bridgehead atoms. The zero-order valence-corrected chi connectivity index (χ0v) is 8.00. The predicted octanol–water partition coefficient (Wildman–Crippen LogP) is 0.743. The maximum atomic E-state index is 11.7. The first kappa shape index (κ1) is 9.39. The van der Waals surface area contributed by atoms with Crippen molar-refractivity contribution in [1.29, 1.82) is 0 Å². The minimum Gasteiger partial charge on any atom is -0.396 e. The van der Waals surface area contributed by atoms with Gasteiger partial charge in [-0.1, -0.05) is 0 Å². The van der Waals surface area contributed by atoms with E-state index in [1.807, 2.05) is 0 Å². The number of pyridine rings is 1. The first-order chi connectivity index (χ1) is 7.25. The average molecular weight is 202 g/mol. The second kappa shape index (κ2) is 3.91. The van der Waals surface area contributed by atoms with Crippen LogP contribution in [0.25, 0.3) is 0 Å². The van der Waals surface area contributed by atoms with Gasteiger partial charge in [0.05, 0.1) is 11.9 Å². The van der Waals surface area contributed by atoms with Gasteiger partial charge >= 0.3 is 0 Å². The van der Waals surface area contributed by atoms with Gasteiger partial charge < -0.3 is 5.73 Å². The van der Waals surface area contributed by atoms with Crippen LogP contribution >= 0.6 is 0 Å². The Bertz CT molecular complexity index is 463. The molecule has 2 heterocycles. The lowest BCUT2D eigenvalue weighted by Crippen LogP contribution is -2.10. The van der Waals surface area contributed by atoms with Crippen molar-refractivity contribution in [3.8, 4) is 0 Å². The highest BCUT2D eigenvalue weighted by atomic mass is 16.1.